The first-order valence-electron chi connectivity index (χ1n) is 10.9. The fourth-order valence-corrected chi connectivity index (χ4v) is 5.21. The number of benzene rings is 1. The smallest absolute Gasteiger partial charge is 0.325 e. The SMILES string of the molecule is O=C(C[C@@H]1NC(=O)N(Cc2cccc(Cl)c2)C1=O)NC[C@@H]1CCCN2CCCC[C@H]12. The van der Waals surface area contributed by atoms with E-state index in [4.69, 9.17) is 11.6 Å². The number of nitrogens with one attached hydrogen (secondary N) is 2. The summed E-state index contributed by atoms with van der Waals surface area (Å²) in [6.45, 7) is 3.12. The zero-order chi connectivity index (χ0) is 21.1. The Morgan fingerprint density at radius 2 is 2.00 bits per heavy atom. The van der Waals surface area contributed by atoms with Crippen molar-refractivity contribution in [3.8, 4) is 0 Å². The molecule has 4 rings (SSSR count). The summed E-state index contributed by atoms with van der Waals surface area (Å²) < 4.78 is 0. The van der Waals surface area contributed by atoms with Crippen molar-refractivity contribution in [3.05, 3.63) is 34.9 Å². The average molecular weight is 433 g/mol. The van der Waals surface area contributed by atoms with E-state index in [9.17, 15) is 14.4 Å². The maximum Gasteiger partial charge on any atom is 0.325 e. The average Bonchev–Trinajstić information content (AvgIpc) is 2.99. The quantitative estimate of drug-likeness (QED) is 0.677. The van der Waals surface area contributed by atoms with Crippen molar-refractivity contribution in [2.24, 2.45) is 5.92 Å². The van der Waals surface area contributed by atoms with Crippen molar-refractivity contribution in [1.29, 1.82) is 0 Å². The summed E-state index contributed by atoms with van der Waals surface area (Å²) in [4.78, 5) is 41.1. The molecule has 30 heavy (non-hydrogen) atoms. The molecule has 0 spiro atoms. The highest BCUT2D eigenvalue weighted by atomic mass is 35.5. The van der Waals surface area contributed by atoms with Crippen LogP contribution in [-0.2, 0) is 16.1 Å². The Kier molecular flexibility index (Phi) is 6.58. The first kappa shape index (κ1) is 21.1. The molecule has 0 radical (unpaired) electrons. The Balaban J connectivity index is 1.28. The van der Waals surface area contributed by atoms with E-state index in [0.29, 0.717) is 23.5 Å². The summed E-state index contributed by atoms with van der Waals surface area (Å²) >= 11 is 5.98. The van der Waals surface area contributed by atoms with E-state index < -0.39 is 12.1 Å². The van der Waals surface area contributed by atoms with Gasteiger partial charge in [-0.3, -0.25) is 14.5 Å². The topological polar surface area (TPSA) is 81.8 Å². The number of imide groups is 1. The van der Waals surface area contributed by atoms with Gasteiger partial charge in [0.05, 0.1) is 13.0 Å². The summed E-state index contributed by atoms with van der Waals surface area (Å²) in [5.74, 6) is -0.0892. The molecular weight excluding hydrogens is 404 g/mol. The van der Waals surface area contributed by atoms with Crippen LogP contribution in [0.2, 0.25) is 5.02 Å². The van der Waals surface area contributed by atoms with Crippen LogP contribution in [0, 0.1) is 5.92 Å². The molecule has 162 valence electrons. The molecule has 8 heteroatoms. The fourth-order valence-electron chi connectivity index (χ4n) is 5.00. The highest BCUT2D eigenvalue weighted by Crippen LogP contribution is 2.30. The number of halogens is 1. The number of rotatable bonds is 6. The molecule has 2 N–H and O–H groups in total. The summed E-state index contributed by atoms with van der Waals surface area (Å²) in [6, 6.07) is 6.33. The number of hydrogen-bond acceptors (Lipinski definition) is 4. The van der Waals surface area contributed by atoms with Gasteiger partial charge in [-0.05, 0) is 62.4 Å². The standard InChI is InChI=1S/C22H29ClN4O3/c23-17-7-3-5-15(11-17)14-27-21(29)18(25-22(27)30)12-20(28)24-13-16-6-4-10-26-9-2-1-8-19(16)26/h3,5,7,11,16,18-19H,1-2,4,6,8-10,12-14H2,(H,24,28)(H,25,30)/t16-,18-,19+/m0/s1. The van der Waals surface area contributed by atoms with Gasteiger partial charge in [-0.15, -0.1) is 0 Å². The van der Waals surface area contributed by atoms with Crippen LogP contribution in [0.3, 0.4) is 0 Å². The Labute approximate surface area is 182 Å². The molecule has 7 nitrogen and oxygen atoms in total. The first-order chi connectivity index (χ1) is 14.5. The van der Waals surface area contributed by atoms with E-state index in [1.54, 1.807) is 18.2 Å². The van der Waals surface area contributed by atoms with Crippen LogP contribution in [0.25, 0.3) is 0 Å². The monoisotopic (exact) mass is 432 g/mol. The minimum atomic E-state index is -0.811. The second kappa shape index (κ2) is 9.35. The van der Waals surface area contributed by atoms with Crippen molar-refractivity contribution < 1.29 is 14.4 Å². The Morgan fingerprint density at radius 3 is 2.83 bits per heavy atom. The first-order valence-corrected chi connectivity index (χ1v) is 11.3. The van der Waals surface area contributed by atoms with Crippen molar-refractivity contribution in [3.63, 3.8) is 0 Å². The lowest BCUT2D eigenvalue weighted by Crippen LogP contribution is -2.51. The predicted octanol–water partition coefficient (Wildman–Crippen LogP) is 2.53. The van der Waals surface area contributed by atoms with E-state index in [0.717, 1.165) is 16.9 Å². The lowest BCUT2D eigenvalue weighted by atomic mass is 9.83. The van der Waals surface area contributed by atoms with E-state index >= 15 is 0 Å². The molecule has 3 aliphatic heterocycles. The van der Waals surface area contributed by atoms with Crippen molar-refractivity contribution >= 4 is 29.4 Å². The number of nitrogens with zero attached hydrogens (tertiary/aromatic N) is 2. The normalized spacial score (nSPS) is 27.0. The molecule has 3 atom stereocenters. The lowest BCUT2D eigenvalue weighted by Gasteiger charge is -2.44. The van der Waals surface area contributed by atoms with E-state index in [1.807, 2.05) is 6.07 Å². The predicted molar refractivity (Wildman–Crippen MR) is 114 cm³/mol. The molecule has 0 unspecified atom stereocenters. The molecule has 0 aromatic heterocycles. The zero-order valence-corrected chi connectivity index (χ0v) is 17.9. The van der Waals surface area contributed by atoms with Crippen LogP contribution in [0.1, 0.15) is 44.1 Å². The van der Waals surface area contributed by atoms with Gasteiger partial charge in [-0.2, -0.15) is 0 Å². The van der Waals surface area contributed by atoms with Crippen LogP contribution in [-0.4, -0.2) is 59.4 Å². The van der Waals surface area contributed by atoms with E-state index in [-0.39, 0.29) is 24.8 Å². The number of carbonyl (C=O) groups is 3. The zero-order valence-electron chi connectivity index (χ0n) is 17.1. The van der Waals surface area contributed by atoms with Gasteiger partial charge in [0.15, 0.2) is 0 Å². The number of fused-ring (bicyclic) bond motifs is 1. The number of carbonyl (C=O) groups excluding carboxylic acids is 3. The number of hydrogen-bond donors (Lipinski definition) is 2. The molecule has 0 bridgehead atoms. The fraction of sp³-hybridized carbons (Fsp3) is 0.591. The summed E-state index contributed by atoms with van der Waals surface area (Å²) in [6.07, 6.45) is 6.01. The molecule has 0 aliphatic carbocycles. The third-order valence-corrected chi connectivity index (χ3v) is 6.75. The van der Waals surface area contributed by atoms with Gasteiger partial charge in [-0.25, -0.2) is 4.79 Å². The minimum Gasteiger partial charge on any atom is -0.356 e. The minimum absolute atomic E-state index is 0.0300. The van der Waals surface area contributed by atoms with Gasteiger partial charge in [-0.1, -0.05) is 30.2 Å². The van der Waals surface area contributed by atoms with Crippen LogP contribution in [0.5, 0.6) is 0 Å². The van der Waals surface area contributed by atoms with Gasteiger partial charge in [0.1, 0.15) is 6.04 Å². The second-order valence-electron chi connectivity index (χ2n) is 8.57. The molecule has 3 fully saturated rings. The number of urea groups is 1. The van der Waals surface area contributed by atoms with Crippen molar-refractivity contribution in [2.75, 3.05) is 19.6 Å². The van der Waals surface area contributed by atoms with Gasteiger partial charge in [0.25, 0.3) is 5.91 Å². The highest BCUT2D eigenvalue weighted by Gasteiger charge is 2.39. The second-order valence-corrected chi connectivity index (χ2v) is 9.00. The lowest BCUT2D eigenvalue weighted by molar-refractivity contribution is -0.131. The maximum absolute atomic E-state index is 12.7. The third-order valence-electron chi connectivity index (χ3n) is 6.52. The summed E-state index contributed by atoms with van der Waals surface area (Å²) in [5.41, 5.74) is 0.769. The van der Waals surface area contributed by atoms with Crippen LogP contribution < -0.4 is 10.6 Å². The van der Waals surface area contributed by atoms with Gasteiger partial charge < -0.3 is 15.5 Å². The number of amides is 4. The molecule has 3 heterocycles. The third kappa shape index (κ3) is 4.78. The summed E-state index contributed by atoms with van der Waals surface area (Å²) in [5, 5.41) is 6.20. The Morgan fingerprint density at radius 1 is 1.17 bits per heavy atom. The maximum atomic E-state index is 12.7. The highest BCUT2D eigenvalue weighted by molar-refractivity contribution is 6.30. The van der Waals surface area contributed by atoms with E-state index in [1.165, 1.54) is 38.8 Å². The van der Waals surface area contributed by atoms with Crippen LogP contribution in [0.15, 0.2) is 24.3 Å². The van der Waals surface area contributed by atoms with Gasteiger partial charge in [0.2, 0.25) is 5.91 Å². The van der Waals surface area contributed by atoms with Crippen molar-refractivity contribution in [2.45, 2.75) is 57.2 Å². The molecule has 4 amide bonds. The molecule has 3 saturated heterocycles. The molecule has 3 aliphatic rings. The van der Waals surface area contributed by atoms with Crippen molar-refractivity contribution in [1.82, 2.24) is 20.4 Å². The number of piperidine rings is 2. The van der Waals surface area contributed by atoms with Crippen LogP contribution >= 0.6 is 11.6 Å². The largest absolute Gasteiger partial charge is 0.356 e. The van der Waals surface area contributed by atoms with Crippen LogP contribution in [0.4, 0.5) is 4.79 Å². The van der Waals surface area contributed by atoms with Gasteiger partial charge >= 0.3 is 6.03 Å². The Bertz CT molecular complexity index is 815. The van der Waals surface area contributed by atoms with E-state index in [2.05, 4.69) is 15.5 Å². The molecule has 1 aromatic rings. The summed E-state index contributed by atoms with van der Waals surface area (Å²) in [7, 11) is 0. The molecule has 0 saturated carbocycles. The molecule has 1 aromatic carbocycles. The molecular formula is C22H29ClN4O3. The van der Waals surface area contributed by atoms with Gasteiger partial charge in [0, 0.05) is 17.6 Å². The Hall–Kier alpha value is -2.12.